The van der Waals surface area contributed by atoms with Crippen LogP contribution in [0.3, 0.4) is 0 Å². The van der Waals surface area contributed by atoms with Gasteiger partial charge in [-0.1, -0.05) is 0 Å². The van der Waals surface area contributed by atoms with Crippen molar-refractivity contribution in [2.75, 3.05) is 25.5 Å². The number of esters is 1. The number of methoxy groups -OCH3 is 1. The second kappa shape index (κ2) is 6.70. The number of rotatable bonds is 4. The number of nitrogens with zero attached hydrogens (tertiary/aromatic N) is 1. The van der Waals surface area contributed by atoms with Crippen LogP contribution < -0.4 is 5.32 Å². The number of anilines is 1. The van der Waals surface area contributed by atoms with Crippen LogP contribution in [-0.4, -0.2) is 36.2 Å². The Morgan fingerprint density at radius 2 is 2.11 bits per heavy atom. The van der Waals surface area contributed by atoms with E-state index < -0.39 is 0 Å². The summed E-state index contributed by atoms with van der Waals surface area (Å²) in [7, 11) is 1.38. The van der Waals surface area contributed by atoms with Crippen LogP contribution >= 0.6 is 23.6 Å². The smallest absolute Gasteiger partial charge is 0.340 e. The van der Waals surface area contributed by atoms with Gasteiger partial charge in [0.25, 0.3) is 0 Å². The minimum Gasteiger partial charge on any atom is -0.465 e. The number of thiophene rings is 1. The summed E-state index contributed by atoms with van der Waals surface area (Å²) in [6.07, 6.45) is 0. The van der Waals surface area contributed by atoms with Crippen LogP contribution in [0.4, 0.5) is 5.00 Å². The third-order valence-electron chi connectivity index (χ3n) is 2.53. The predicted octanol–water partition coefficient (Wildman–Crippen LogP) is 2.88. The van der Waals surface area contributed by atoms with Crippen LogP contribution in [0.2, 0.25) is 0 Å². The molecular weight excluding hydrogens is 268 g/mol. The summed E-state index contributed by atoms with van der Waals surface area (Å²) in [5, 5.41) is 4.50. The summed E-state index contributed by atoms with van der Waals surface area (Å²) in [4.78, 5) is 14.7. The van der Waals surface area contributed by atoms with Gasteiger partial charge in [0.2, 0.25) is 0 Å². The highest BCUT2D eigenvalue weighted by molar-refractivity contribution is 7.80. The quantitative estimate of drug-likeness (QED) is 0.681. The van der Waals surface area contributed by atoms with E-state index >= 15 is 0 Å². The number of hydrogen-bond donors (Lipinski definition) is 1. The Morgan fingerprint density at radius 1 is 1.50 bits per heavy atom. The zero-order chi connectivity index (χ0) is 13.7. The molecule has 1 aromatic rings. The molecule has 0 aromatic carbocycles. The van der Waals surface area contributed by atoms with Crippen molar-refractivity contribution in [2.24, 2.45) is 0 Å². The fourth-order valence-electron chi connectivity index (χ4n) is 1.56. The number of carbonyl (C=O) groups is 1. The van der Waals surface area contributed by atoms with E-state index in [2.05, 4.69) is 5.32 Å². The van der Waals surface area contributed by atoms with Crippen molar-refractivity contribution in [3.8, 4) is 0 Å². The zero-order valence-corrected chi connectivity index (χ0v) is 12.7. The summed E-state index contributed by atoms with van der Waals surface area (Å²) in [6, 6.07) is 1.81. The summed E-state index contributed by atoms with van der Waals surface area (Å²) >= 11 is 6.82. The van der Waals surface area contributed by atoms with Gasteiger partial charge in [0.1, 0.15) is 5.00 Å². The van der Waals surface area contributed by atoms with E-state index in [4.69, 9.17) is 17.0 Å². The molecule has 18 heavy (non-hydrogen) atoms. The van der Waals surface area contributed by atoms with Crippen LogP contribution in [0.5, 0.6) is 0 Å². The summed E-state index contributed by atoms with van der Waals surface area (Å²) in [5.41, 5.74) is 0.537. The molecule has 0 bridgehead atoms. The van der Waals surface area contributed by atoms with Crippen molar-refractivity contribution >= 4 is 39.6 Å². The highest BCUT2D eigenvalue weighted by Gasteiger charge is 2.17. The summed E-state index contributed by atoms with van der Waals surface area (Å²) in [5.74, 6) is -0.343. The lowest BCUT2D eigenvalue weighted by atomic mass is 10.3. The lowest BCUT2D eigenvalue weighted by Gasteiger charge is -2.22. The molecule has 6 heteroatoms. The Kier molecular flexibility index (Phi) is 5.55. The monoisotopic (exact) mass is 286 g/mol. The minimum absolute atomic E-state index is 0.343. The first-order valence-corrected chi connectivity index (χ1v) is 7.00. The molecular formula is C12H18N2O2S2. The Bertz CT molecular complexity index is 439. The van der Waals surface area contributed by atoms with E-state index in [-0.39, 0.29) is 5.97 Å². The Hall–Kier alpha value is -1.14. The molecule has 1 heterocycles. The van der Waals surface area contributed by atoms with Gasteiger partial charge in [0.05, 0.1) is 12.7 Å². The van der Waals surface area contributed by atoms with Gasteiger partial charge in [-0.25, -0.2) is 4.79 Å². The van der Waals surface area contributed by atoms with Crippen LogP contribution in [0.15, 0.2) is 6.07 Å². The third-order valence-corrected chi connectivity index (χ3v) is 3.86. The average molecular weight is 286 g/mol. The van der Waals surface area contributed by atoms with Gasteiger partial charge in [-0.3, -0.25) is 0 Å². The van der Waals surface area contributed by atoms with E-state index in [1.54, 1.807) is 0 Å². The molecule has 0 saturated carbocycles. The molecule has 1 rings (SSSR count). The molecule has 0 radical (unpaired) electrons. The van der Waals surface area contributed by atoms with Gasteiger partial charge in [-0.15, -0.1) is 11.3 Å². The molecule has 0 amide bonds. The molecule has 1 aromatic heterocycles. The van der Waals surface area contributed by atoms with Crippen LogP contribution in [-0.2, 0) is 4.74 Å². The molecule has 0 spiro atoms. The predicted molar refractivity (Wildman–Crippen MR) is 79.5 cm³/mol. The van der Waals surface area contributed by atoms with Gasteiger partial charge >= 0.3 is 5.97 Å². The zero-order valence-electron chi connectivity index (χ0n) is 11.1. The fourth-order valence-corrected chi connectivity index (χ4v) is 2.88. The number of thiocarbonyl (C=S) groups is 1. The molecule has 100 valence electrons. The van der Waals surface area contributed by atoms with Crippen molar-refractivity contribution in [1.82, 2.24) is 4.90 Å². The van der Waals surface area contributed by atoms with Gasteiger partial charge in [0.15, 0.2) is 5.11 Å². The molecule has 0 unspecified atom stereocenters. The summed E-state index contributed by atoms with van der Waals surface area (Å²) in [6.45, 7) is 7.69. The van der Waals surface area contributed by atoms with Crippen LogP contribution in [0.1, 0.15) is 29.1 Å². The number of aryl methyl sites for hydroxylation is 1. The highest BCUT2D eigenvalue weighted by Crippen LogP contribution is 2.28. The second-order valence-corrected chi connectivity index (χ2v) is 5.34. The molecule has 0 fully saturated rings. The van der Waals surface area contributed by atoms with E-state index in [1.165, 1.54) is 18.4 Å². The summed E-state index contributed by atoms with van der Waals surface area (Å²) < 4.78 is 4.76. The van der Waals surface area contributed by atoms with Gasteiger partial charge < -0.3 is 15.0 Å². The Labute approximate surface area is 117 Å². The largest absolute Gasteiger partial charge is 0.465 e. The molecule has 1 N–H and O–H groups in total. The standard InChI is InChI=1S/C12H18N2O2S2/c1-5-14(6-2)12(17)13-10-9(11(15)16-4)7-8(3)18-10/h7H,5-6H2,1-4H3,(H,13,17). The first-order chi connectivity index (χ1) is 8.53. The number of hydrogen-bond acceptors (Lipinski definition) is 4. The van der Waals surface area contributed by atoms with Gasteiger partial charge in [0, 0.05) is 18.0 Å². The molecule has 0 aliphatic rings. The molecule has 4 nitrogen and oxygen atoms in total. The molecule has 0 saturated heterocycles. The lowest BCUT2D eigenvalue weighted by molar-refractivity contribution is 0.0602. The SMILES string of the molecule is CCN(CC)C(=S)Nc1sc(C)cc1C(=O)OC. The topological polar surface area (TPSA) is 41.6 Å². The Balaban J connectivity index is 2.90. The second-order valence-electron chi connectivity index (χ2n) is 3.69. The van der Waals surface area contributed by atoms with E-state index in [0.29, 0.717) is 10.7 Å². The first kappa shape index (κ1) is 14.9. The van der Waals surface area contributed by atoms with Crippen molar-refractivity contribution in [3.05, 3.63) is 16.5 Å². The first-order valence-electron chi connectivity index (χ1n) is 5.78. The van der Waals surface area contributed by atoms with E-state index in [9.17, 15) is 4.79 Å². The Morgan fingerprint density at radius 3 is 2.61 bits per heavy atom. The van der Waals surface area contributed by atoms with Crippen molar-refractivity contribution in [3.63, 3.8) is 0 Å². The third kappa shape index (κ3) is 3.43. The van der Waals surface area contributed by atoms with Gasteiger partial charge in [-0.2, -0.15) is 0 Å². The lowest BCUT2D eigenvalue weighted by Crippen LogP contribution is -2.34. The normalized spacial score (nSPS) is 10.0. The van der Waals surface area contributed by atoms with Crippen molar-refractivity contribution in [1.29, 1.82) is 0 Å². The van der Waals surface area contributed by atoms with Crippen LogP contribution in [0.25, 0.3) is 0 Å². The minimum atomic E-state index is -0.343. The molecule has 0 aliphatic carbocycles. The molecule has 0 atom stereocenters. The number of carbonyl (C=O) groups excluding carboxylic acids is 1. The average Bonchev–Trinajstić information content (AvgIpc) is 2.70. The highest BCUT2D eigenvalue weighted by atomic mass is 32.1. The van der Waals surface area contributed by atoms with Crippen molar-refractivity contribution < 1.29 is 9.53 Å². The van der Waals surface area contributed by atoms with E-state index in [1.807, 2.05) is 31.7 Å². The maximum atomic E-state index is 11.6. The maximum Gasteiger partial charge on any atom is 0.340 e. The van der Waals surface area contributed by atoms with Crippen LogP contribution in [0, 0.1) is 6.92 Å². The number of ether oxygens (including phenoxy) is 1. The maximum absolute atomic E-state index is 11.6. The molecule has 0 aliphatic heterocycles. The number of nitrogens with one attached hydrogen (secondary N) is 1. The fraction of sp³-hybridized carbons (Fsp3) is 0.500. The van der Waals surface area contributed by atoms with Gasteiger partial charge in [-0.05, 0) is 39.1 Å². The van der Waals surface area contributed by atoms with Crippen molar-refractivity contribution in [2.45, 2.75) is 20.8 Å². The van der Waals surface area contributed by atoms with E-state index in [0.717, 1.165) is 23.0 Å².